The summed E-state index contributed by atoms with van der Waals surface area (Å²) in [6.45, 7) is -1.13. The number of carbonyl (C=O) groups is 2. The van der Waals surface area contributed by atoms with Crippen molar-refractivity contribution in [2.75, 3.05) is 4.90 Å². The van der Waals surface area contributed by atoms with Gasteiger partial charge in [0.15, 0.2) is 0 Å². The third kappa shape index (κ3) is 3.59. The Bertz CT molecular complexity index is 1170. The maximum atomic E-state index is 13.4. The van der Waals surface area contributed by atoms with E-state index in [9.17, 15) is 18.4 Å². The average molecular weight is 405 g/mol. The summed E-state index contributed by atoms with van der Waals surface area (Å²) < 4.78 is 30.2. The lowest BCUT2D eigenvalue weighted by atomic mass is 9.91. The second-order valence-electron chi connectivity index (χ2n) is 6.80. The number of halogens is 2. The zero-order valence-electron chi connectivity index (χ0n) is 16.0. The van der Waals surface area contributed by atoms with Gasteiger partial charge in [0, 0.05) is 16.7 Å². The van der Waals surface area contributed by atoms with Crippen LogP contribution in [-0.4, -0.2) is 18.4 Å². The lowest BCUT2D eigenvalue weighted by Crippen LogP contribution is -2.41. The number of hydrogen-bond donors (Lipinski definition) is 0. The van der Waals surface area contributed by atoms with Gasteiger partial charge in [-0.15, -0.1) is 0 Å². The largest absolute Gasteiger partial charge is 0.434 e. The van der Waals surface area contributed by atoms with Crippen molar-refractivity contribution >= 4 is 29.2 Å². The van der Waals surface area contributed by atoms with Gasteiger partial charge >= 0.3 is 6.61 Å². The molecule has 0 bridgehead atoms. The molecular formula is C24H17F2NO3. The van der Waals surface area contributed by atoms with Crippen LogP contribution in [0, 0.1) is 6.92 Å². The van der Waals surface area contributed by atoms with Gasteiger partial charge in [0.25, 0.3) is 11.8 Å². The lowest BCUT2D eigenvalue weighted by Gasteiger charge is -2.29. The van der Waals surface area contributed by atoms with E-state index in [1.54, 1.807) is 60.7 Å². The minimum absolute atomic E-state index is 0.0516. The predicted molar refractivity (Wildman–Crippen MR) is 110 cm³/mol. The number of rotatable bonds is 4. The molecule has 0 aliphatic carbocycles. The molecule has 4 nitrogen and oxygen atoms in total. The molecule has 0 unspecified atom stereocenters. The van der Waals surface area contributed by atoms with E-state index in [-0.39, 0.29) is 11.3 Å². The van der Waals surface area contributed by atoms with Crippen molar-refractivity contribution in [3.8, 4) is 5.75 Å². The molecule has 3 aromatic rings. The molecule has 1 heterocycles. The van der Waals surface area contributed by atoms with Gasteiger partial charge in [-0.05, 0) is 48.4 Å². The molecule has 0 aromatic heterocycles. The summed E-state index contributed by atoms with van der Waals surface area (Å²) in [5.74, 6) is -1.02. The summed E-state index contributed by atoms with van der Waals surface area (Å²) in [6, 6.07) is 20.0. The zero-order valence-corrected chi connectivity index (χ0v) is 16.0. The van der Waals surface area contributed by atoms with Crippen molar-refractivity contribution < 1.29 is 23.1 Å². The number of para-hydroxylation sites is 1. The Hall–Kier alpha value is -3.80. The van der Waals surface area contributed by atoms with Crippen LogP contribution < -0.4 is 9.64 Å². The van der Waals surface area contributed by atoms with Crippen LogP contribution in [0.5, 0.6) is 5.75 Å². The summed E-state index contributed by atoms with van der Waals surface area (Å²) in [5, 5.41) is 0. The van der Waals surface area contributed by atoms with E-state index < -0.39 is 18.4 Å². The molecule has 30 heavy (non-hydrogen) atoms. The summed E-state index contributed by atoms with van der Waals surface area (Å²) in [6.07, 6.45) is 1.48. The van der Waals surface area contributed by atoms with Crippen LogP contribution in [0.2, 0.25) is 0 Å². The van der Waals surface area contributed by atoms with Crippen LogP contribution in [0.25, 0.3) is 11.6 Å². The highest BCUT2D eigenvalue weighted by Crippen LogP contribution is 2.35. The quantitative estimate of drug-likeness (QED) is 0.436. The highest BCUT2D eigenvalue weighted by atomic mass is 19.3. The number of fused-ring (bicyclic) bond motifs is 1. The summed E-state index contributed by atoms with van der Waals surface area (Å²) in [5.41, 5.74) is 2.68. The zero-order chi connectivity index (χ0) is 21.3. The number of ether oxygens (including phenoxy) is 1. The van der Waals surface area contributed by atoms with Crippen LogP contribution in [0.15, 0.2) is 72.8 Å². The molecule has 0 radical (unpaired) electrons. The van der Waals surface area contributed by atoms with E-state index in [2.05, 4.69) is 4.74 Å². The predicted octanol–water partition coefficient (Wildman–Crippen LogP) is 5.32. The van der Waals surface area contributed by atoms with E-state index >= 15 is 0 Å². The molecule has 6 heteroatoms. The first-order valence-electron chi connectivity index (χ1n) is 9.26. The van der Waals surface area contributed by atoms with Gasteiger partial charge in [0.2, 0.25) is 0 Å². The van der Waals surface area contributed by atoms with Gasteiger partial charge in [-0.2, -0.15) is 8.78 Å². The molecule has 150 valence electrons. The number of aryl methyl sites for hydroxylation is 1. The van der Waals surface area contributed by atoms with Gasteiger partial charge < -0.3 is 4.74 Å². The Kier molecular flexibility index (Phi) is 5.14. The molecule has 0 N–H and O–H groups in total. The number of carbonyl (C=O) groups excluding carboxylic acids is 2. The smallest absolute Gasteiger partial charge is 0.387 e. The maximum absolute atomic E-state index is 13.4. The van der Waals surface area contributed by atoms with Gasteiger partial charge in [0.05, 0.1) is 5.69 Å². The topological polar surface area (TPSA) is 46.6 Å². The Morgan fingerprint density at radius 3 is 2.30 bits per heavy atom. The normalized spacial score (nSPS) is 14.9. The summed E-state index contributed by atoms with van der Waals surface area (Å²) >= 11 is 0. The number of imide groups is 1. The fourth-order valence-electron chi connectivity index (χ4n) is 3.45. The molecule has 0 atom stereocenters. The lowest BCUT2D eigenvalue weighted by molar-refractivity contribution is -0.112. The monoisotopic (exact) mass is 405 g/mol. The molecule has 0 saturated carbocycles. The number of amides is 2. The van der Waals surface area contributed by atoms with Crippen molar-refractivity contribution in [3.63, 3.8) is 0 Å². The molecule has 2 amide bonds. The molecule has 1 aliphatic heterocycles. The first-order valence-corrected chi connectivity index (χ1v) is 9.26. The number of hydrogen-bond acceptors (Lipinski definition) is 3. The van der Waals surface area contributed by atoms with Gasteiger partial charge in [0.1, 0.15) is 5.75 Å². The van der Waals surface area contributed by atoms with Crippen LogP contribution in [-0.2, 0) is 4.79 Å². The molecule has 0 saturated heterocycles. The standard InChI is InChI=1S/C24H17F2NO3/c1-15-7-6-9-17(13-15)27-22(28)19-11-4-3-10-18(19)20(23(27)29)14-16-8-2-5-12-21(16)30-24(25)26/h2-14,24H,1H3/b20-14-. The summed E-state index contributed by atoms with van der Waals surface area (Å²) in [4.78, 5) is 27.6. The average Bonchev–Trinajstić information content (AvgIpc) is 2.72. The second-order valence-corrected chi connectivity index (χ2v) is 6.80. The molecule has 4 rings (SSSR count). The van der Waals surface area contributed by atoms with E-state index in [4.69, 9.17) is 0 Å². The maximum Gasteiger partial charge on any atom is 0.387 e. The van der Waals surface area contributed by atoms with Crippen molar-refractivity contribution in [2.24, 2.45) is 0 Å². The Morgan fingerprint density at radius 1 is 0.867 bits per heavy atom. The number of anilines is 1. The van der Waals surface area contributed by atoms with Crippen LogP contribution in [0.1, 0.15) is 27.0 Å². The first-order chi connectivity index (χ1) is 14.5. The fourth-order valence-corrected chi connectivity index (χ4v) is 3.45. The highest BCUT2D eigenvalue weighted by Gasteiger charge is 2.35. The number of nitrogens with zero attached hydrogens (tertiary/aromatic N) is 1. The van der Waals surface area contributed by atoms with Gasteiger partial charge in [-0.25, -0.2) is 4.90 Å². The van der Waals surface area contributed by atoms with E-state index in [0.29, 0.717) is 22.4 Å². The third-order valence-electron chi connectivity index (χ3n) is 4.78. The molecule has 0 fully saturated rings. The first kappa shape index (κ1) is 19.5. The minimum Gasteiger partial charge on any atom is -0.434 e. The van der Waals surface area contributed by atoms with Crippen molar-refractivity contribution in [1.82, 2.24) is 0 Å². The fraction of sp³-hybridized carbons (Fsp3) is 0.0833. The third-order valence-corrected chi connectivity index (χ3v) is 4.78. The van der Waals surface area contributed by atoms with Crippen molar-refractivity contribution in [1.29, 1.82) is 0 Å². The van der Waals surface area contributed by atoms with Crippen molar-refractivity contribution in [2.45, 2.75) is 13.5 Å². The Balaban J connectivity index is 1.89. The molecule has 1 aliphatic rings. The molecule has 3 aromatic carbocycles. The second kappa shape index (κ2) is 7.91. The van der Waals surface area contributed by atoms with Crippen molar-refractivity contribution in [3.05, 3.63) is 95.1 Å². The SMILES string of the molecule is Cc1cccc(N2C(=O)/C(=C\c3ccccc3OC(F)F)c3ccccc3C2=O)c1. The molecule has 0 spiro atoms. The van der Waals surface area contributed by atoms with Crippen LogP contribution >= 0.6 is 0 Å². The summed E-state index contributed by atoms with van der Waals surface area (Å²) in [7, 11) is 0. The Labute approximate surface area is 172 Å². The minimum atomic E-state index is -3.00. The van der Waals surface area contributed by atoms with Crippen LogP contribution in [0.4, 0.5) is 14.5 Å². The van der Waals surface area contributed by atoms with Crippen LogP contribution in [0.3, 0.4) is 0 Å². The van der Waals surface area contributed by atoms with Gasteiger partial charge in [-0.1, -0.05) is 48.5 Å². The van der Waals surface area contributed by atoms with E-state index in [0.717, 1.165) is 10.5 Å². The van der Waals surface area contributed by atoms with E-state index in [1.807, 2.05) is 13.0 Å². The molecular weight excluding hydrogens is 388 g/mol. The van der Waals surface area contributed by atoms with Gasteiger partial charge in [-0.3, -0.25) is 9.59 Å². The number of benzene rings is 3. The Morgan fingerprint density at radius 2 is 1.57 bits per heavy atom. The highest BCUT2D eigenvalue weighted by molar-refractivity contribution is 6.43. The number of alkyl halides is 2. The van der Waals surface area contributed by atoms with E-state index in [1.165, 1.54) is 12.1 Å².